The maximum absolute atomic E-state index is 12.2. The lowest BCUT2D eigenvalue weighted by Crippen LogP contribution is -2.44. The summed E-state index contributed by atoms with van der Waals surface area (Å²) in [6.07, 6.45) is 6.23. The molecular formula is C15H19N5O. The first-order valence-corrected chi connectivity index (χ1v) is 7.66. The first-order chi connectivity index (χ1) is 10.3. The van der Waals surface area contributed by atoms with Gasteiger partial charge in [0.15, 0.2) is 5.65 Å². The summed E-state index contributed by atoms with van der Waals surface area (Å²) in [6.45, 7) is 1.66. The molecule has 2 fully saturated rings. The number of hydrogen-bond acceptors (Lipinski definition) is 4. The minimum atomic E-state index is 0.0652. The van der Waals surface area contributed by atoms with Crippen LogP contribution in [-0.2, 0) is 4.79 Å². The van der Waals surface area contributed by atoms with Gasteiger partial charge in [-0.25, -0.2) is 0 Å². The van der Waals surface area contributed by atoms with E-state index in [0.717, 1.165) is 50.4 Å². The highest BCUT2D eigenvalue weighted by atomic mass is 16.2. The average molecular weight is 285 g/mol. The van der Waals surface area contributed by atoms with Gasteiger partial charge in [-0.05, 0) is 37.8 Å². The Morgan fingerprint density at radius 3 is 3.00 bits per heavy atom. The van der Waals surface area contributed by atoms with Crippen molar-refractivity contribution in [2.45, 2.75) is 31.7 Å². The van der Waals surface area contributed by atoms with Gasteiger partial charge in [-0.1, -0.05) is 6.07 Å². The van der Waals surface area contributed by atoms with Crippen LogP contribution in [0.15, 0.2) is 24.4 Å². The summed E-state index contributed by atoms with van der Waals surface area (Å²) in [7, 11) is 0. The number of carbonyl (C=O) groups excluding carboxylic acids is 1. The second-order valence-electron chi connectivity index (χ2n) is 6.00. The lowest BCUT2D eigenvalue weighted by atomic mass is 9.97. The number of carbonyl (C=O) groups is 1. The van der Waals surface area contributed by atoms with Crippen LogP contribution in [0.5, 0.6) is 0 Å². The van der Waals surface area contributed by atoms with Crippen molar-refractivity contribution in [2.75, 3.05) is 18.0 Å². The standard InChI is InChI=1S/C15H19N5O/c21-14(16-12-6-7-12)11-4-3-8-19(10-11)15-18-17-13-5-1-2-9-20(13)15/h1-2,5,9,11-12H,3-4,6-8,10H2,(H,16,21). The number of aromatic nitrogens is 3. The van der Waals surface area contributed by atoms with Crippen LogP contribution in [0.4, 0.5) is 5.95 Å². The largest absolute Gasteiger partial charge is 0.353 e. The number of nitrogens with zero attached hydrogens (tertiary/aromatic N) is 4. The lowest BCUT2D eigenvalue weighted by molar-refractivity contribution is -0.125. The molecule has 1 N–H and O–H groups in total. The highest BCUT2D eigenvalue weighted by molar-refractivity contribution is 5.80. The molecule has 6 heteroatoms. The van der Waals surface area contributed by atoms with Crippen molar-refractivity contribution in [3.63, 3.8) is 0 Å². The molecule has 1 saturated heterocycles. The van der Waals surface area contributed by atoms with Gasteiger partial charge in [0.1, 0.15) is 0 Å². The lowest BCUT2D eigenvalue weighted by Gasteiger charge is -2.32. The summed E-state index contributed by atoms with van der Waals surface area (Å²) in [6, 6.07) is 6.30. The molecule has 1 aliphatic heterocycles. The van der Waals surface area contributed by atoms with E-state index >= 15 is 0 Å². The molecule has 1 atom stereocenters. The van der Waals surface area contributed by atoms with E-state index < -0.39 is 0 Å². The van der Waals surface area contributed by atoms with Crippen molar-refractivity contribution in [3.05, 3.63) is 24.4 Å². The molecule has 1 saturated carbocycles. The Labute approximate surface area is 123 Å². The van der Waals surface area contributed by atoms with Crippen LogP contribution in [0.2, 0.25) is 0 Å². The van der Waals surface area contributed by atoms with Gasteiger partial charge in [0.2, 0.25) is 11.9 Å². The third kappa shape index (κ3) is 2.46. The van der Waals surface area contributed by atoms with E-state index in [9.17, 15) is 4.79 Å². The van der Waals surface area contributed by atoms with Gasteiger partial charge in [-0.2, -0.15) is 0 Å². The molecule has 0 aromatic carbocycles. The highest BCUT2D eigenvalue weighted by Crippen LogP contribution is 2.24. The smallest absolute Gasteiger partial charge is 0.231 e. The van der Waals surface area contributed by atoms with Crippen LogP contribution >= 0.6 is 0 Å². The molecule has 1 aliphatic carbocycles. The van der Waals surface area contributed by atoms with Crippen LogP contribution in [0.3, 0.4) is 0 Å². The van der Waals surface area contributed by atoms with Crippen molar-refractivity contribution < 1.29 is 4.79 Å². The average Bonchev–Trinajstić information content (AvgIpc) is 3.23. The zero-order valence-electron chi connectivity index (χ0n) is 11.9. The molecule has 4 rings (SSSR count). The minimum absolute atomic E-state index is 0.0652. The Morgan fingerprint density at radius 1 is 1.24 bits per heavy atom. The molecule has 21 heavy (non-hydrogen) atoms. The van der Waals surface area contributed by atoms with Crippen molar-refractivity contribution in [2.24, 2.45) is 5.92 Å². The number of nitrogens with one attached hydrogen (secondary N) is 1. The third-order valence-electron chi connectivity index (χ3n) is 4.29. The van der Waals surface area contributed by atoms with Crippen molar-refractivity contribution in [1.82, 2.24) is 19.9 Å². The summed E-state index contributed by atoms with van der Waals surface area (Å²) in [5, 5.41) is 11.6. The molecule has 2 aromatic rings. The number of pyridine rings is 1. The molecular weight excluding hydrogens is 266 g/mol. The van der Waals surface area contributed by atoms with Gasteiger partial charge in [0, 0.05) is 25.3 Å². The number of piperidine rings is 1. The third-order valence-corrected chi connectivity index (χ3v) is 4.29. The number of hydrogen-bond donors (Lipinski definition) is 1. The number of fused-ring (bicyclic) bond motifs is 1. The van der Waals surface area contributed by atoms with E-state index in [1.165, 1.54) is 0 Å². The Kier molecular flexibility index (Phi) is 3.02. The monoisotopic (exact) mass is 285 g/mol. The predicted octanol–water partition coefficient (Wildman–Crippen LogP) is 1.22. The molecule has 6 nitrogen and oxygen atoms in total. The first-order valence-electron chi connectivity index (χ1n) is 7.66. The maximum Gasteiger partial charge on any atom is 0.231 e. The minimum Gasteiger partial charge on any atom is -0.353 e. The van der Waals surface area contributed by atoms with Crippen LogP contribution < -0.4 is 10.2 Å². The molecule has 2 aliphatic rings. The Balaban J connectivity index is 1.53. The van der Waals surface area contributed by atoms with Gasteiger partial charge in [0.05, 0.1) is 5.92 Å². The summed E-state index contributed by atoms with van der Waals surface area (Å²) in [5.41, 5.74) is 0.844. The highest BCUT2D eigenvalue weighted by Gasteiger charge is 2.31. The van der Waals surface area contributed by atoms with E-state index in [0.29, 0.717) is 6.04 Å². The Morgan fingerprint density at radius 2 is 2.14 bits per heavy atom. The molecule has 3 heterocycles. The first kappa shape index (κ1) is 12.6. The molecule has 1 unspecified atom stereocenters. The van der Waals surface area contributed by atoms with E-state index in [-0.39, 0.29) is 11.8 Å². The van der Waals surface area contributed by atoms with E-state index in [1.807, 2.05) is 28.8 Å². The van der Waals surface area contributed by atoms with Crippen molar-refractivity contribution >= 4 is 17.5 Å². The van der Waals surface area contributed by atoms with Gasteiger partial charge in [-0.15, -0.1) is 10.2 Å². The van der Waals surface area contributed by atoms with Crippen LogP contribution in [-0.4, -0.2) is 39.6 Å². The van der Waals surface area contributed by atoms with Crippen LogP contribution in [0, 0.1) is 5.92 Å². The molecule has 110 valence electrons. The topological polar surface area (TPSA) is 62.5 Å². The van der Waals surface area contributed by atoms with Gasteiger partial charge < -0.3 is 10.2 Å². The van der Waals surface area contributed by atoms with E-state index in [2.05, 4.69) is 20.4 Å². The maximum atomic E-state index is 12.2. The van der Waals surface area contributed by atoms with E-state index in [4.69, 9.17) is 0 Å². The fourth-order valence-electron chi connectivity index (χ4n) is 2.96. The quantitative estimate of drug-likeness (QED) is 0.921. The zero-order valence-corrected chi connectivity index (χ0v) is 11.9. The molecule has 0 radical (unpaired) electrons. The SMILES string of the molecule is O=C(NC1CC1)C1CCCN(c2nnc3ccccn23)C1. The van der Waals surface area contributed by atoms with Crippen LogP contribution in [0.1, 0.15) is 25.7 Å². The Hall–Kier alpha value is -2.11. The van der Waals surface area contributed by atoms with Crippen molar-refractivity contribution in [1.29, 1.82) is 0 Å². The van der Waals surface area contributed by atoms with Crippen molar-refractivity contribution in [3.8, 4) is 0 Å². The normalized spacial score (nSPS) is 22.5. The summed E-state index contributed by atoms with van der Waals surface area (Å²) in [4.78, 5) is 14.4. The summed E-state index contributed by atoms with van der Waals surface area (Å²) >= 11 is 0. The predicted molar refractivity (Wildman–Crippen MR) is 79.1 cm³/mol. The summed E-state index contributed by atoms with van der Waals surface area (Å²) < 4.78 is 1.99. The number of anilines is 1. The molecule has 1 amide bonds. The van der Waals surface area contributed by atoms with Gasteiger partial charge in [0.25, 0.3) is 0 Å². The number of rotatable bonds is 3. The second kappa shape index (κ2) is 5.02. The zero-order chi connectivity index (χ0) is 14.2. The van der Waals surface area contributed by atoms with Gasteiger partial charge in [-0.3, -0.25) is 9.20 Å². The fourth-order valence-corrected chi connectivity index (χ4v) is 2.96. The second-order valence-corrected chi connectivity index (χ2v) is 6.00. The summed E-state index contributed by atoms with van der Waals surface area (Å²) in [5.74, 6) is 1.11. The van der Waals surface area contributed by atoms with Crippen LogP contribution in [0.25, 0.3) is 5.65 Å². The Bertz CT molecular complexity index is 663. The molecule has 0 spiro atoms. The molecule has 0 bridgehead atoms. The van der Waals surface area contributed by atoms with Gasteiger partial charge >= 0.3 is 0 Å². The molecule has 2 aromatic heterocycles. The number of amides is 1. The van der Waals surface area contributed by atoms with E-state index in [1.54, 1.807) is 0 Å². The fraction of sp³-hybridized carbons (Fsp3) is 0.533.